The van der Waals surface area contributed by atoms with Gasteiger partial charge in [0, 0.05) is 23.5 Å². The van der Waals surface area contributed by atoms with Crippen molar-refractivity contribution in [2.75, 3.05) is 13.2 Å². The van der Waals surface area contributed by atoms with E-state index in [1.807, 2.05) is 49.8 Å². The molecule has 0 bridgehead atoms. The molecule has 1 aliphatic carbocycles. The molecule has 31 heavy (non-hydrogen) atoms. The number of hydrogen-bond acceptors (Lipinski definition) is 4. The summed E-state index contributed by atoms with van der Waals surface area (Å²) < 4.78 is 69.0. The second kappa shape index (κ2) is 12.3. The number of ether oxygens (including phenoxy) is 2. The molecule has 12 heteroatoms. The van der Waals surface area contributed by atoms with Gasteiger partial charge in [0.25, 0.3) is 0 Å². The van der Waals surface area contributed by atoms with Gasteiger partial charge in [-0.05, 0) is 26.3 Å². The molecule has 0 amide bonds. The van der Waals surface area contributed by atoms with Gasteiger partial charge >= 0.3 is 44.9 Å². The molecule has 0 aliphatic heterocycles. The first-order valence-corrected chi connectivity index (χ1v) is 10.7. The molecule has 0 spiro atoms. The molecule has 179 valence electrons. The minimum absolute atomic E-state index is 0. The Balaban J connectivity index is 0. The minimum Gasteiger partial charge on any atom is -0.0767 e. The van der Waals surface area contributed by atoms with Gasteiger partial charge in [-0.1, -0.05) is 54.1 Å². The number of esters is 2. The fraction of sp³-hybridized carbons (Fsp3) is 0.316. The molecule has 0 fully saturated rings. The maximum absolute atomic E-state index is 11.8. The van der Waals surface area contributed by atoms with Gasteiger partial charge in [-0.3, -0.25) is 9.59 Å². The Morgan fingerprint density at radius 2 is 1.16 bits per heavy atom. The van der Waals surface area contributed by atoms with Gasteiger partial charge in [0.1, 0.15) is 0 Å². The number of rotatable bonds is 5. The van der Waals surface area contributed by atoms with Crippen LogP contribution in [0.2, 0.25) is 0 Å². The Morgan fingerprint density at radius 3 is 1.42 bits per heavy atom. The second-order valence-corrected chi connectivity index (χ2v) is 7.68. The first-order chi connectivity index (χ1) is 13.5. The van der Waals surface area contributed by atoms with E-state index < -0.39 is 25.7 Å². The van der Waals surface area contributed by atoms with E-state index in [2.05, 4.69) is 0 Å². The van der Waals surface area contributed by atoms with E-state index in [1.54, 1.807) is 26.0 Å². The molecule has 0 unspecified atom stereocenters. The fourth-order valence-corrected chi connectivity index (χ4v) is 1.90. The van der Waals surface area contributed by atoms with Crippen LogP contribution in [0, 0.1) is 13.3 Å². The minimum atomic E-state index is -10.7. The molecule has 0 N–H and O–H groups in total. The van der Waals surface area contributed by atoms with Crippen LogP contribution in [-0.4, -0.2) is 25.2 Å². The normalized spacial score (nSPS) is 14.0. The van der Waals surface area contributed by atoms with Crippen molar-refractivity contribution < 1.29 is 61.3 Å². The molecule has 0 saturated heterocycles. The maximum atomic E-state index is 11.8. The zero-order valence-electron chi connectivity index (χ0n) is 16.9. The summed E-state index contributed by atoms with van der Waals surface area (Å²) in [5.74, 6) is -2.13. The average molecular weight is 516 g/mol. The van der Waals surface area contributed by atoms with E-state index in [4.69, 9.17) is 9.47 Å². The molecule has 1 aromatic carbocycles. The Labute approximate surface area is 187 Å². The van der Waals surface area contributed by atoms with Crippen LogP contribution >= 0.6 is 7.81 Å². The number of allylic oxidation sites excluding steroid dienone is 4. The van der Waals surface area contributed by atoms with Crippen molar-refractivity contribution in [2.45, 2.75) is 26.7 Å². The van der Waals surface area contributed by atoms with E-state index in [-0.39, 0.29) is 30.3 Å². The van der Waals surface area contributed by atoms with Crippen molar-refractivity contribution in [1.82, 2.24) is 0 Å². The third-order valence-corrected chi connectivity index (χ3v) is 3.01. The third-order valence-electron chi connectivity index (χ3n) is 3.01. The van der Waals surface area contributed by atoms with Crippen LogP contribution in [0.25, 0.3) is 0 Å². The van der Waals surface area contributed by atoms with E-state index in [1.165, 1.54) is 0 Å². The Bertz CT molecular complexity index is 722. The van der Waals surface area contributed by atoms with Gasteiger partial charge in [0.15, 0.2) is 5.92 Å². The van der Waals surface area contributed by atoms with Gasteiger partial charge in [-0.15, -0.1) is 0 Å². The fourth-order valence-electron chi connectivity index (χ4n) is 1.90. The van der Waals surface area contributed by atoms with Crippen LogP contribution in [0.3, 0.4) is 0 Å². The zero-order chi connectivity index (χ0) is 23.5. The second-order valence-electron chi connectivity index (χ2n) is 5.77. The molecule has 2 rings (SSSR count). The molecule has 0 aromatic heterocycles. The van der Waals surface area contributed by atoms with Gasteiger partial charge in [-0.2, -0.15) is 0 Å². The first-order valence-electron chi connectivity index (χ1n) is 8.68. The molecule has 0 saturated carbocycles. The Hall–Kier alpha value is -1.83. The van der Waals surface area contributed by atoms with Crippen LogP contribution in [-0.2, 0) is 36.1 Å². The monoisotopic (exact) mass is 516 g/mol. The number of hydrogen-bond donors (Lipinski definition) is 0. The summed E-state index contributed by atoms with van der Waals surface area (Å²) >= 11 is 0. The largest absolute Gasteiger partial charge is 0.0767 e. The smallest absolute Gasteiger partial charge is 0.00506 e. The van der Waals surface area contributed by atoms with Crippen molar-refractivity contribution in [2.24, 2.45) is 0 Å². The summed E-state index contributed by atoms with van der Waals surface area (Å²) in [4.78, 5) is 23.6. The number of aryl methyl sites for hydroxylation is 1. The van der Waals surface area contributed by atoms with Crippen molar-refractivity contribution in [3.63, 3.8) is 0 Å². The topological polar surface area (TPSA) is 52.6 Å². The predicted octanol–water partition coefficient (Wildman–Crippen LogP) is 6.90. The van der Waals surface area contributed by atoms with Crippen molar-refractivity contribution in [3.05, 3.63) is 66.1 Å². The Morgan fingerprint density at radius 1 is 0.806 bits per heavy atom. The summed E-state index contributed by atoms with van der Waals surface area (Å²) in [5.41, 5.74) is 1.66. The predicted molar refractivity (Wildman–Crippen MR) is 103 cm³/mol. The summed E-state index contributed by atoms with van der Waals surface area (Å²) in [7, 11) is -10.7. The van der Waals surface area contributed by atoms with Gasteiger partial charge < -0.3 is 9.47 Å². The molecule has 4 nitrogen and oxygen atoms in total. The van der Waals surface area contributed by atoms with E-state index in [0.29, 0.717) is 5.56 Å². The van der Waals surface area contributed by atoms with Gasteiger partial charge in [0.05, 0.1) is 13.2 Å². The van der Waals surface area contributed by atoms with E-state index in [0.717, 1.165) is 5.56 Å². The maximum Gasteiger partial charge on any atom is 0.00506 e. The van der Waals surface area contributed by atoms with Crippen LogP contribution in [0.1, 0.15) is 30.9 Å². The first kappa shape index (κ1) is 31.4. The quantitative estimate of drug-likeness (QED) is 0.141. The van der Waals surface area contributed by atoms with Gasteiger partial charge in [-0.25, -0.2) is 0 Å². The van der Waals surface area contributed by atoms with Crippen molar-refractivity contribution in [1.29, 1.82) is 0 Å². The SMILES string of the molecule is CCOC(=O)C(C(=O)OCC)c1ccc(C)cc1.F[P-](F)(F)(F)(F)F.[CH]1C=CC=C1.[Fe]. The molecular formula is C19H23F6FeO4P-. The third kappa shape index (κ3) is 19.9. The Kier molecular flexibility index (Phi) is 12.4. The van der Waals surface area contributed by atoms with Crippen LogP contribution in [0.5, 0.6) is 0 Å². The van der Waals surface area contributed by atoms with Crippen LogP contribution in [0.4, 0.5) is 25.2 Å². The summed E-state index contributed by atoms with van der Waals surface area (Å²) in [6.45, 7) is 5.82. The van der Waals surface area contributed by atoms with E-state index >= 15 is 0 Å². The number of carbonyl (C=O) groups excluding carboxylic acids is 2. The van der Waals surface area contributed by atoms with Crippen molar-refractivity contribution in [3.8, 4) is 0 Å². The molecule has 1 aliphatic rings. The number of carbonyl (C=O) groups is 2. The molecule has 1 radical (unpaired) electrons. The van der Waals surface area contributed by atoms with E-state index in [9.17, 15) is 34.8 Å². The molecular weight excluding hydrogens is 493 g/mol. The molecule has 0 atom stereocenters. The van der Waals surface area contributed by atoms with Crippen LogP contribution < -0.4 is 0 Å². The molecule has 0 heterocycles. The summed E-state index contributed by atoms with van der Waals surface area (Å²) in [6.07, 6.45) is 10.0. The summed E-state index contributed by atoms with van der Waals surface area (Å²) in [5, 5.41) is 0. The zero-order valence-corrected chi connectivity index (χ0v) is 18.9. The summed E-state index contributed by atoms with van der Waals surface area (Å²) in [6, 6.07) is 7.18. The number of halogens is 6. The van der Waals surface area contributed by atoms with Crippen molar-refractivity contribution >= 4 is 19.7 Å². The standard InChI is InChI=1S/C14H18O4.C5H5.F6P.Fe/c1-4-17-13(15)12(14(16)18-5-2)11-8-6-10(3)7-9-11;1-2-4-5-3-1;1-7(2,3,4,5)6;/h6-9,12H,4-5H2,1-3H3;1-5H;;/q;;-1;. The average Bonchev–Trinajstić information content (AvgIpc) is 3.14. The van der Waals surface area contributed by atoms with Crippen LogP contribution in [0.15, 0.2) is 48.6 Å². The number of benzene rings is 1. The van der Waals surface area contributed by atoms with Gasteiger partial charge in [0.2, 0.25) is 0 Å². The molecule has 1 aromatic rings.